The Bertz CT molecular complexity index is 270. The van der Waals surface area contributed by atoms with Gasteiger partial charge in [-0.15, -0.1) is 0 Å². The van der Waals surface area contributed by atoms with Crippen LogP contribution in [0.25, 0.3) is 0 Å². The summed E-state index contributed by atoms with van der Waals surface area (Å²) in [6, 6.07) is 2.97. The first-order valence-electron chi connectivity index (χ1n) is 5.81. The Morgan fingerprint density at radius 1 is 1.47 bits per heavy atom. The average Bonchev–Trinajstić information content (AvgIpc) is 2.71. The quantitative estimate of drug-likeness (QED) is 0.767. The summed E-state index contributed by atoms with van der Waals surface area (Å²) in [5.41, 5.74) is 5.93. The number of hydrogen-bond acceptors (Lipinski definition) is 3. The Morgan fingerprint density at radius 2 is 2.40 bits per heavy atom. The van der Waals surface area contributed by atoms with Gasteiger partial charge in [-0.1, -0.05) is 6.42 Å². The van der Waals surface area contributed by atoms with Crippen molar-refractivity contribution < 1.29 is 0 Å². The Hall–Kier alpha value is -0.870. The lowest BCUT2D eigenvalue weighted by Crippen LogP contribution is -2.40. The zero-order valence-electron chi connectivity index (χ0n) is 9.10. The highest BCUT2D eigenvalue weighted by Crippen LogP contribution is 2.16. The van der Waals surface area contributed by atoms with Crippen LogP contribution < -0.4 is 11.1 Å². The SMILES string of the molecule is NC1CCCC(NCCn2cccn2)C1. The Balaban J connectivity index is 1.65. The first-order valence-corrected chi connectivity index (χ1v) is 5.81. The average molecular weight is 208 g/mol. The molecule has 3 N–H and O–H groups in total. The van der Waals surface area contributed by atoms with Gasteiger partial charge < -0.3 is 11.1 Å². The molecule has 15 heavy (non-hydrogen) atoms. The standard InChI is InChI=1S/C11H20N4/c12-10-3-1-4-11(9-10)13-6-8-15-7-2-5-14-15/h2,5,7,10-11,13H,1,3-4,6,8-9,12H2. The third-order valence-electron chi connectivity index (χ3n) is 3.05. The van der Waals surface area contributed by atoms with Gasteiger partial charge in [0.2, 0.25) is 0 Å². The van der Waals surface area contributed by atoms with E-state index in [1.165, 1.54) is 19.3 Å². The summed E-state index contributed by atoms with van der Waals surface area (Å²) in [5, 5.41) is 7.72. The maximum absolute atomic E-state index is 5.93. The Labute approximate surface area is 90.8 Å². The normalized spacial score (nSPS) is 26.7. The molecule has 0 radical (unpaired) electrons. The highest BCUT2D eigenvalue weighted by Gasteiger charge is 2.17. The van der Waals surface area contributed by atoms with Crippen LogP contribution in [0.4, 0.5) is 0 Å². The van der Waals surface area contributed by atoms with Gasteiger partial charge in [-0.2, -0.15) is 5.10 Å². The number of rotatable bonds is 4. The van der Waals surface area contributed by atoms with Crippen LogP contribution in [0.1, 0.15) is 25.7 Å². The number of aromatic nitrogens is 2. The highest BCUT2D eigenvalue weighted by molar-refractivity contribution is 4.81. The molecule has 1 aromatic rings. The second-order valence-corrected chi connectivity index (χ2v) is 4.35. The molecule has 1 aromatic heterocycles. The van der Waals surface area contributed by atoms with Crippen molar-refractivity contribution in [2.45, 2.75) is 44.3 Å². The molecule has 0 amide bonds. The molecule has 2 unspecified atom stereocenters. The van der Waals surface area contributed by atoms with Crippen LogP contribution in [0.2, 0.25) is 0 Å². The fourth-order valence-corrected chi connectivity index (χ4v) is 2.23. The van der Waals surface area contributed by atoms with Gasteiger partial charge in [0.25, 0.3) is 0 Å². The molecule has 1 heterocycles. The van der Waals surface area contributed by atoms with Crippen molar-refractivity contribution in [1.29, 1.82) is 0 Å². The summed E-state index contributed by atoms with van der Waals surface area (Å²) in [6.45, 7) is 1.93. The van der Waals surface area contributed by atoms with Crippen molar-refractivity contribution in [3.05, 3.63) is 18.5 Å². The van der Waals surface area contributed by atoms with Gasteiger partial charge in [0.1, 0.15) is 0 Å². The van der Waals surface area contributed by atoms with Gasteiger partial charge in [-0.25, -0.2) is 0 Å². The van der Waals surface area contributed by atoms with Crippen molar-refractivity contribution in [3.63, 3.8) is 0 Å². The van der Waals surface area contributed by atoms with Gasteiger partial charge >= 0.3 is 0 Å². The van der Waals surface area contributed by atoms with Gasteiger partial charge in [0.05, 0.1) is 6.54 Å². The smallest absolute Gasteiger partial charge is 0.0534 e. The fourth-order valence-electron chi connectivity index (χ4n) is 2.23. The molecule has 0 aliphatic heterocycles. The van der Waals surface area contributed by atoms with Crippen LogP contribution in [0.3, 0.4) is 0 Å². The van der Waals surface area contributed by atoms with Gasteiger partial charge in [-0.3, -0.25) is 4.68 Å². The van der Waals surface area contributed by atoms with E-state index in [1.807, 2.05) is 23.1 Å². The van der Waals surface area contributed by atoms with E-state index in [0.717, 1.165) is 19.5 Å². The van der Waals surface area contributed by atoms with Crippen LogP contribution in [0, 0.1) is 0 Å². The summed E-state index contributed by atoms with van der Waals surface area (Å²) in [4.78, 5) is 0. The molecule has 1 aliphatic carbocycles. The molecular formula is C11H20N4. The number of nitrogens with zero attached hydrogens (tertiary/aromatic N) is 2. The topological polar surface area (TPSA) is 55.9 Å². The molecule has 0 bridgehead atoms. The maximum Gasteiger partial charge on any atom is 0.0534 e. The van der Waals surface area contributed by atoms with Crippen LogP contribution >= 0.6 is 0 Å². The summed E-state index contributed by atoms with van der Waals surface area (Å²) < 4.78 is 1.95. The minimum absolute atomic E-state index is 0.404. The summed E-state index contributed by atoms with van der Waals surface area (Å²) in [6.07, 6.45) is 8.66. The van der Waals surface area contributed by atoms with E-state index in [0.29, 0.717) is 12.1 Å². The predicted molar refractivity (Wildman–Crippen MR) is 60.5 cm³/mol. The first kappa shape index (κ1) is 10.6. The molecule has 84 valence electrons. The van der Waals surface area contributed by atoms with Crippen LogP contribution in [0.15, 0.2) is 18.5 Å². The summed E-state index contributed by atoms with van der Waals surface area (Å²) >= 11 is 0. The van der Waals surface area contributed by atoms with E-state index in [2.05, 4.69) is 10.4 Å². The van der Waals surface area contributed by atoms with Crippen LogP contribution in [-0.2, 0) is 6.54 Å². The minimum atomic E-state index is 0.404. The predicted octanol–water partition coefficient (Wildman–Crippen LogP) is 0.743. The molecule has 0 saturated heterocycles. The van der Waals surface area contributed by atoms with E-state index < -0.39 is 0 Å². The molecule has 0 spiro atoms. The van der Waals surface area contributed by atoms with E-state index in [1.54, 1.807) is 0 Å². The van der Waals surface area contributed by atoms with Gasteiger partial charge in [0.15, 0.2) is 0 Å². The first-order chi connectivity index (χ1) is 7.34. The van der Waals surface area contributed by atoms with E-state index in [4.69, 9.17) is 5.73 Å². The molecule has 4 heteroatoms. The third kappa shape index (κ3) is 3.32. The lowest BCUT2D eigenvalue weighted by Gasteiger charge is -2.27. The van der Waals surface area contributed by atoms with Crippen molar-refractivity contribution in [3.8, 4) is 0 Å². The lowest BCUT2D eigenvalue weighted by molar-refractivity contribution is 0.334. The number of hydrogen-bond donors (Lipinski definition) is 2. The molecule has 0 aromatic carbocycles. The molecule has 4 nitrogen and oxygen atoms in total. The molecule has 1 fully saturated rings. The fraction of sp³-hybridized carbons (Fsp3) is 0.727. The largest absolute Gasteiger partial charge is 0.328 e. The van der Waals surface area contributed by atoms with E-state index >= 15 is 0 Å². The number of nitrogens with two attached hydrogens (primary N) is 1. The summed E-state index contributed by atoms with van der Waals surface area (Å²) in [7, 11) is 0. The van der Waals surface area contributed by atoms with Crippen LogP contribution in [-0.4, -0.2) is 28.4 Å². The maximum atomic E-state index is 5.93. The number of nitrogens with one attached hydrogen (secondary N) is 1. The van der Waals surface area contributed by atoms with Crippen molar-refractivity contribution >= 4 is 0 Å². The second kappa shape index (κ2) is 5.28. The molecule has 2 atom stereocenters. The molecule has 1 aliphatic rings. The zero-order valence-corrected chi connectivity index (χ0v) is 9.10. The monoisotopic (exact) mass is 208 g/mol. The highest BCUT2D eigenvalue weighted by atomic mass is 15.3. The van der Waals surface area contributed by atoms with Crippen molar-refractivity contribution in [2.75, 3.05) is 6.54 Å². The minimum Gasteiger partial charge on any atom is -0.328 e. The van der Waals surface area contributed by atoms with E-state index in [9.17, 15) is 0 Å². The zero-order chi connectivity index (χ0) is 10.5. The Morgan fingerprint density at radius 3 is 3.13 bits per heavy atom. The lowest BCUT2D eigenvalue weighted by atomic mass is 9.92. The van der Waals surface area contributed by atoms with Gasteiger partial charge in [-0.05, 0) is 25.3 Å². The molecule has 1 saturated carbocycles. The van der Waals surface area contributed by atoms with Crippen LogP contribution in [0.5, 0.6) is 0 Å². The van der Waals surface area contributed by atoms with E-state index in [-0.39, 0.29) is 0 Å². The summed E-state index contributed by atoms with van der Waals surface area (Å²) in [5.74, 6) is 0. The Kier molecular flexibility index (Phi) is 3.75. The molecular weight excluding hydrogens is 188 g/mol. The second-order valence-electron chi connectivity index (χ2n) is 4.35. The van der Waals surface area contributed by atoms with Crippen molar-refractivity contribution in [1.82, 2.24) is 15.1 Å². The third-order valence-corrected chi connectivity index (χ3v) is 3.05. The molecule has 2 rings (SSSR count). The van der Waals surface area contributed by atoms with Crippen molar-refractivity contribution in [2.24, 2.45) is 5.73 Å². The van der Waals surface area contributed by atoms with Gasteiger partial charge in [0, 0.05) is 31.0 Å².